The Labute approximate surface area is 173 Å². The highest BCUT2D eigenvalue weighted by Gasteiger charge is 2.29. The summed E-state index contributed by atoms with van der Waals surface area (Å²) in [6.45, 7) is 0. The van der Waals surface area contributed by atoms with Gasteiger partial charge in [0.1, 0.15) is 5.69 Å². The highest BCUT2D eigenvalue weighted by molar-refractivity contribution is 6.99. The zero-order valence-corrected chi connectivity index (χ0v) is 15.9. The number of carbonyl (C=O) groups is 2. The number of nitrogens with one attached hydrogen (secondary N) is 4. The molecule has 0 fully saturated rings. The lowest BCUT2D eigenvalue weighted by atomic mass is 10.0. The third-order valence-corrected chi connectivity index (χ3v) is 4.82. The van der Waals surface area contributed by atoms with E-state index in [1.807, 2.05) is 60.7 Å². The van der Waals surface area contributed by atoms with Crippen LogP contribution < -0.4 is 21.8 Å². The van der Waals surface area contributed by atoms with E-state index in [0.29, 0.717) is 12.1 Å². The van der Waals surface area contributed by atoms with Crippen LogP contribution in [0.5, 0.6) is 0 Å². The van der Waals surface area contributed by atoms with Gasteiger partial charge in [-0.2, -0.15) is 8.75 Å². The summed E-state index contributed by atoms with van der Waals surface area (Å²) in [5, 5.41) is 6.65. The first-order valence-electron chi connectivity index (χ1n) is 8.83. The summed E-state index contributed by atoms with van der Waals surface area (Å²) in [6.07, 6.45) is 0.310. The van der Waals surface area contributed by atoms with Gasteiger partial charge in [0, 0.05) is 14.8 Å². The quantitative estimate of drug-likeness (QED) is 0.465. The molecular formula is C19H21N7O2S. The molecule has 1 aliphatic rings. The van der Waals surface area contributed by atoms with Gasteiger partial charge < -0.3 is 5.32 Å². The zero-order chi connectivity index (χ0) is 20.1. The van der Waals surface area contributed by atoms with Crippen molar-refractivity contribution in [2.75, 3.05) is 0 Å². The van der Waals surface area contributed by atoms with Gasteiger partial charge >= 0.3 is 0 Å². The lowest BCUT2D eigenvalue weighted by molar-refractivity contribution is -0.114. The molecule has 29 heavy (non-hydrogen) atoms. The Morgan fingerprint density at radius 3 is 2.45 bits per heavy atom. The van der Waals surface area contributed by atoms with E-state index >= 15 is 0 Å². The number of amides is 1. The number of aromatic nitrogens is 2. The minimum Gasteiger partial charge on any atom is -0.340 e. The van der Waals surface area contributed by atoms with Gasteiger partial charge in [-0.15, -0.1) is 10.6 Å². The van der Waals surface area contributed by atoms with Gasteiger partial charge in [-0.05, 0) is 5.56 Å². The first-order chi connectivity index (χ1) is 14.2. The maximum atomic E-state index is 13.0. The molecule has 0 aliphatic carbocycles. The van der Waals surface area contributed by atoms with Crippen LogP contribution in [0.4, 0.5) is 0 Å². The molecule has 0 saturated carbocycles. The minimum absolute atomic E-state index is 0. The second-order valence-corrected chi connectivity index (χ2v) is 6.76. The van der Waals surface area contributed by atoms with E-state index in [1.54, 1.807) is 0 Å². The predicted octanol–water partition coefficient (Wildman–Crippen LogP) is 1.53. The number of rotatable bonds is 7. The summed E-state index contributed by atoms with van der Waals surface area (Å²) in [4.78, 5) is 25.9. The molecule has 1 aliphatic heterocycles. The van der Waals surface area contributed by atoms with Crippen molar-refractivity contribution in [3.05, 3.63) is 71.9 Å². The number of benzene rings is 2. The molecule has 0 radical (unpaired) electrons. The SMILES string of the molecule is O=C(NC(Cc1ccccc1)C(=O)C1=NNNN1)c1nsnc1-c1ccccc1.[HH].[HH]. The average Bonchev–Trinajstić information content (AvgIpc) is 3.46. The lowest BCUT2D eigenvalue weighted by Gasteiger charge is -2.17. The lowest BCUT2D eigenvalue weighted by Crippen LogP contribution is -2.49. The number of hydrogen-bond acceptors (Lipinski definition) is 9. The molecule has 1 atom stereocenters. The van der Waals surface area contributed by atoms with Crippen molar-refractivity contribution in [2.24, 2.45) is 5.10 Å². The Hall–Kier alpha value is -3.63. The topological polar surface area (TPSA) is 120 Å². The van der Waals surface area contributed by atoms with E-state index in [2.05, 4.69) is 35.7 Å². The van der Waals surface area contributed by atoms with Gasteiger partial charge in [0.15, 0.2) is 5.69 Å². The van der Waals surface area contributed by atoms with Crippen molar-refractivity contribution in [1.29, 1.82) is 0 Å². The fraction of sp³-hybridized carbons (Fsp3) is 0.105. The second kappa shape index (κ2) is 8.59. The van der Waals surface area contributed by atoms with Gasteiger partial charge in [-0.25, -0.2) is 5.53 Å². The molecule has 9 nitrogen and oxygen atoms in total. The fourth-order valence-corrected chi connectivity index (χ4v) is 3.45. The first kappa shape index (κ1) is 18.7. The normalized spacial score (nSPS) is 13.7. The number of ketones is 1. The molecule has 1 aromatic heterocycles. The number of amidine groups is 1. The Morgan fingerprint density at radius 1 is 1.03 bits per heavy atom. The van der Waals surface area contributed by atoms with Crippen LogP contribution in [0.2, 0.25) is 0 Å². The molecule has 0 saturated heterocycles. The fourth-order valence-electron chi connectivity index (χ4n) is 2.89. The third-order valence-electron chi connectivity index (χ3n) is 4.29. The second-order valence-electron chi connectivity index (χ2n) is 6.23. The van der Waals surface area contributed by atoms with E-state index in [9.17, 15) is 9.59 Å². The standard InChI is InChI=1S/C19H17N7O2S.2H2/c27-17(18-21-25-26-22-18)14(11-12-7-3-1-4-8-12)20-19(28)16-15(23-29-24-16)13-9-5-2-6-10-13;;/h1-10,14,25-26H,11H2,(H,20,28)(H,21,22);2*1H. The smallest absolute Gasteiger partial charge is 0.273 e. The summed E-state index contributed by atoms with van der Waals surface area (Å²) in [6, 6.07) is 17.9. The molecule has 4 N–H and O–H groups in total. The number of hydrogen-bond donors (Lipinski definition) is 4. The Bertz CT molecular complexity index is 1050. The molecule has 10 heteroatoms. The number of nitrogens with zero attached hydrogens (tertiary/aromatic N) is 3. The van der Waals surface area contributed by atoms with Gasteiger partial charge in [0.05, 0.1) is 17.8 Å². The first-order valence-corrected chi connectivity index (χ1v) is 9.56. The molecule has 2 heterocycles. The van der Waals surface area contributed by atoms with Crippen LogP contribution in [-0.2, 0) is 11.2 Å². The molecule has 3 aromatic rings. The monoisotopic (exact) mass is 411 g/mol. The maximum absolute atomic E-state index is 13.0. The van der Waals surface area contributed by atoms with Crippen LogP contribution in [0.15, 0.2) is 65.8 Å². The van der Waals surface area contributed by atoms with Gasteiger partial charge in [-0.3, -0.25) is 15.0 Å². The number of carbonyl (C=O) groups excluding carboxylic acids is 2. The van der Waals surface area contributed by atoms with Gasteiger partial charge in [-0.1, -0.05) is 60.7 Å². The highest BCUT2D eigenvalue weighted by Crippen LogP contribution is 2.21. The van der Waals surface area contributed by atoms with Crippen LogP contribution in [0.1, 0.15) is 18.9 Å². The molecule has 0 spiro atoms. The predicted molar refractivity (Wildman–Crippen MR) is 113 cm³/mol. The summed E-state index contributed by atoms with van der Waals surface area (Å²) in [7, 11) is 0. The Balaban J connectivity index is 0.00000171. The van der Waals surface area contributed by atoms with Crippen molar-refractivity contribution >= 4 is 29.3 Å². The van der Waals surface area contributed by atoms with Crippen LogP contribution in [-0.4, -0.2) is 32.3 Å². The van der Waals surface area contributed by atoms with Crippen molar-refractivity contribution in [2.45, 2.75) is 12.5 Å². The zero-order valence-electron chi connectivity index (χ0n) is 15.1. The highest BCUT2D eigenvalue weighted by atomic mass is 32.1. The molecule has 0 bridgehead atoms. The van der Waals surface area contributed by atoms with E-state index in [1.165, 1.54) is 0 Å². The maximum Gasteiger partial charge on any atom is 0.273 e. The molecule has 1 amide bonds. The minimum atomic E-state index is -0.830. The van der Waals surface area contributed by atoms with Crippen molar-refractivity contribution in [1.82, 2.24) is 30.6 Å². The third kappa shape index (κ3) is 4.28. The van der Waals surface area contributed by atoms with Crippen LogP contribution in [0, 0.1) is 0 Å². The number of hydrazone groups is 1. The van der Waals surface area contributed by atoms with E-state index in [4.69, 9.17) is 0 Å². The van der Waals surface area contributed by atoms with Gasteiger partial charge in [0.25, 0.3) is 5.91 Å². The van der Waals surface area contributed by atoms with Crippen molar-refractivity contribution in [3.63, 3.8) is 0 Å². The molecular weight excluding hydrogens is 390 g/mol. The van der Waals surface area contributed by atoms with Crippen LogP contribution >= 0.6 is 11.7 Å². The Kier molecular flexibility index (Phi) is 5.54. The summed E-state index contributed by atoms with van der Waals surface area (Å²) in [5.74, 6) is -0.735. The summed E-state index contributed by atoms with van der Waals surface area (Å²) >= 11 is 0.952. The number of hydrazine groups is 2. The molecule has 2 aromatic carbocycles. The van der Waals surface area contributed by atoms with Crippen LogP contribution in [0.25, 0.3) is 11.3 Å². The summed E-state index contributed by atoms with van der Waals surface area (Å²) in [5.41, 5.74) is 9.97. The Morgan fingerprint density at radius 2 is 1.76 bits per heavy atom. The molecule has 4 rings (SSSR count). The summed E-state index contributed by atoms with van der Waals surface area (Å²) < 4.78 is 8.40. The number of Topliss-reactive ketones (excluding diaryl/α,β-unsaturated/α-hetero) is 1. The van der Waals surface area contributed by atoms with E-state index in [0.717, 1.165) is 22.9 Å². The van der Waals surface area contributed by atoms with Crippen molar-refractivity contribution < 1.29 is 12.4 Å². The van der Waals surface area contributed by atoms with Crippen LogP contribution in [0.3, 0.4) is 0 Å². The largest absolute Gasteiger partial charge is 0.340 e. The molecule has 1 unspecified atom stereocenters. The van der Waals surface area contributed by atoms with Gasteiger partial charge in [0.2, 0.25) is 11.6 Å². The van der Waals surface area contributed by atoms with E-state index < -0.39 is 11.9 Å². The molecule has 150 valence electrons. The van der Waals surface area contributed by atoms with E-state index in [-0.39, 0.29) is 20.2 Å². The average molecular weight is 411 g/mol. The van der Waals surface area contributed by atoms with Crippen molar-refractivity contribution in [3.8, 4) is 11.3 Å².